The molecule has 6 nitrogen and oxygen atoms in total. The molecule has 0 unspecified atom stereocenters. The van der Waals surface area contributed by atoms with E-state index in [9.17, 15) is 15.4 Å². The number of hydrogen-bond donors (Lipinski definition) is 0. The predicted molar refractivity (Wildman–Crippen MR) is 105 cm³/mol. The van der Waals surface area contributed by atoms with Gasteiger partial charge >= 0.3 is 0 Å². The highest BCUT2D eigenvalue weighted by molar-refractivity contribution is 7.98. The summed E-state index contributed by atoms with van der Waals surface area (Å²) < 4.78 is 1.96. The van der Waals surface area contributed by atoms with E-state index in [1.54, 1.807) is 18.2 Å². The standard InChI is InChI=1S/C20H14N4O2S/c1-13-10-19(27-12-14-6-2-4-8-17(14)24(25)26)23-18-9-5-3-7-16(18)22-20(23)15(13)11-21/h2-10H,12H2,1H3. The van der Waals surface area contributed by atoms with E-state index in [2.05, 4.69) is 11.1 Å². The molecule has 2 aromatic carbocycles. The smallest absolute Gasteiger partial charge is 0.273 e. The molecule has 27 heavy (non-hydrogen) atoms. The molecule has 7 heteroatoms. The largest absolute Gasteiger partial charge is 0.286 e. The first-order valence-corrected chi connectivity index (χ1v) is 9.24. The van der Waals surface area contributed by atoms with E-state index >= 15 is 0 Å². The van der Waals surface area contributed by atoms with Gasteiger partial charge in [-0.2, -0.15) is 5.26 Å². The molecule has 2 aromatic heterocycles. The van der Waals surface area contributed by atoms with Crippen LogP contribution in [0.3, 0.4) is 0 Å². The summed E-state index contributed by atoms with van der Waals surface area (Å²) >= 11 is 1.50. The first kappa shape index (κ1) is 17.1. The third-order valence-corrected chi connectivity index (χ3v) is 5.47. The normalized spacial score (nSPS) is 11.0. The van der Waals surface area contributed by atoms with Crippen LogP contribution in [0.5, 0.6) is 0 Å². The lowest BCUT2D eigenvalue weighted by Crippen LogP contribution is -1.98. The molecule has 0 saturated carbocycles. The van der Waals surface area contributed by atoms with Gasteiger partial charge in [-0.15, -0.1) is 11.8 Å². The summed E-state index contributed by atoms with van der Waals surface area (Å²) in [5.41, 5.74) is 4.49. The van der Waals surface area contributed by atoms with Crippen LogP contribution in [0.25, 0.3) is 16.7 Å². The van der Waals surface area contributed by atoms with E-state index < -0.39 is 0 Å². The van der Waals surface area contributed by atoms with Crippen molar-refractivity contribution < 1.29 is 4.92 Å². The first-order valence-electron chi connectivity index (χ1n) is 8.26. The lowest BCUT2D eigenvalue weighted by Gasteiger charge is -2.10. The van der Waals surface area contributed by atoms with E-state index in [0.717, 1.165) is 21.6 Å². The fourth-order valence-corrected chi connectivity index (χ4v) is 4.24. The summed E-state index contributed by atoms with van der Waals surface area (Å²) in [6.45, 7) is 1.88. The highest BCUT2D eigenvalue weighted by Gasteiger charge is 2.17. The van der Waals surface area contributed by atoms with E-state index in [1.165, 1.54) is 17.8 Å². The van der Waals surface area contributed by atoms with Gasteiger partial charge in [0.05, 0.1) is 26.5 Å². The Morgan fingerprint density at radius 3 is 2.74 bits per heavy atom. The minimum Gasteiger partial charge on any atom is -0.286 e. The molecule has 0 saturated heterocycles. The average Bonchev–Trinajstić information content (AvgIpc) is 3.05. The lowest BCUT2D eigenvalue weighted by molar-refractivity contribution is -0.385. The Labute approximate surface area is 159 Å². The molecule has 0 aliphatic heterocycles. The molecule has 132 valence electrons. The predicted octanol–water partition coefficient (Wildman–Crippen LogP) is 4.87. The van der Waals surface area contributed by atoms with Crippen molar-refractivity contribution in [1.29, 1.82) is 5.26 Å². The molecular formula is C20H14N4O2S. The van der Waals surface area contributed by atoms with Gasteiger partial charge in [-0.05, 0) is 30.7 Å². The van der Waals surface area contributed by atoms with Crippen LogP contribution in [0.2, 0.25) is 0 Å². The van der Waals surface area contributed by atoms with Gasteiger partial charge in [-0.25, -0.2) is 4.98 Å². The Balaban J connectivity index is 1.85. The maximum Gasteiger partial charge on any atom is 0.273 e. The zero-order valence-corrected chi connectivity index (χ0v) is 15.2. The number of nitro groups is 1. The van der Waals surface area contributed by atoms with Crippen molar-refractivity contribution in [3.8, 4) is 6.07 Å². The number of nitrogens with zero attached hydrogens (tertiary/aromatic N) is 4. The van der Waals surface area contributed by atoms with Crippen LogP contribution >= 0.6 is 11.8 Å². The molecule has 4 rings (SSSR count). The summed E-state index contributed by atoms with van der Waals surface area (Å²) in [6.07, 6.45) is 0. The fourth-order valence-electron chi connectivity index (χ4n) is 3.12. The van der Waals surface area contributed by atoms with E-state index in [0.29, 0.717) is 22.5 Å². The van der Waals surface area contributed by atoms with Crippen LogP contribution in [0.1, 0.15) is 16.7 Å². The van der Waals surface area contributed by atoms with Crippen molar-refractivity contribution in [2.75, 3.05) is 0 Å². The Hall–Kier alpha value is -3.37. The number of nitro benzene ring substituents is 1. The van der Waals surface area contributed by atoms with Crippen LogP contribution in [-0.4, -0.2) is 14.3 Å². The molecule has 2 heterocycles. The quantitative estimate of drug-likeness (QED) is 0.289. The van der Waals surface area contributed by atoms with Crippen molar-refractivity contribution >= 4 is 34.1 Å². The average molecular weight is 374 g/mol. The van der Waals surface area contributed by atoms with Crippen molar-refractivity contribution in [3.63, 3.8) is 0 Å². The first-order chi connectivity index (χ1) is 13.1. The van der Waals surface area contributed by atoms with E-state index in [1.807, 2.05) is 41.7 Å². The summed E-state index contributed by atoms with van der Waals surface area (Å²) in [6, 6.07) is 18.6. The molecule has 0 amide bonds. The molecule has 0 aliphatic carbocycles. The number of pyridine rings is 1. The molecule has 0 atom stereocenters. The second kappa shape index (κ2) is 6.74. The topological polar surface area (TPSA) is 84.2 Å². The summed E-state index contributed by atoms with van der Waals surface area (Å²) in [5, 5.41) is 21.7. The minimum absolute atomic E-state index is 0.113. The summed E-state index contributed by atoms with van der Waals surface area (Å²) in [7, 11) is 0. The van der Waals surface area contributed by atoms with Crippen LogP contribution < -0.4 is 0 Å². The zero-order valence-electron chi connectivity index (χ0n) is 14.4. The number of aromatic nitrogens is 2. The highest BCUT2D eigenvalue weighted by Crippen LogP contribution is 2.32. The van der Waals surface area contributed by atoms with Gasteiger partial charge in [0, 0.05) is 17.4 Å². The number of fused-ring (bicyclic) bond motifs is 3. The Morgan fingerprint density at radius 1 is 1.22 bits per heavy atom. The molecule has 4 aromatic rings. The van der Waals surface area contributed by atoms with Crippen LogP contribution in [0.4, 0.5) is 5.69 Å². The number of imidazole rings is 1. The third kappa shape index (κ3) is 2.90. The van der Waals surface area contributed by atoms with Gasteiger partial charge in [0.2, 0.25) is 0 Å². The van der Waals surface area contributed by atoms with Gasteiger partial charge in [0.1, 0.15) is 6.07 Å². The molecule has 0 bridgehead atoms. The highest BCUT2D eigenvalue weighted by atomic mass is 32.2. The fraction of sp³-hybridized carbons (Fsp3) is 0.100. The molecule has 0 N–H and O–H groups in total. The van der Waals surface area contributed by atoms with Crippen molar-refractivity contribution in [3.05, 3.63) is 81.4 Å². The molecule has 0 aliphatic rings. The number of benzene rings is 2. The second-order valence-corrected chi connectivity index (χ2v) is 7.08. The van der Waals surface area contributed by atoms with Gasteiger partial charge in [0.25, 0.3) is 5.69 Å². The third-order valence-electron chi connectivity index (χ3n) is 4.41. The van der Waals surface area contributed by atoms with Gasteiger partial charge in [0.15, 0.2) is 5.65 Å². The number of aryl methyl sites for hydroxylation is 1. The summed E-state index contributed by atoms with van der Waals surface area (Å²) in [4.78, 5) is 15.5. The number of thioether (sulfide) groups is 1. The van der Waals surface area contributed by atoms with Crippen LogP contribution in [-0.2, 0) is 5.75 Å². The Kier molecular flexibility index (Phi) is 4.26. The molecular weight excluding hydrogens is 360 g/mol. The van der Waals surface area contributed by atoms with Gasteiger partial charge in [-0.1, -0.05) is 30.3 Å². The molecule has 0 fully saturated rings. The second-order valence-electron chi connectivity index (χ2n) is 6.09. The Bertz CT molecular complexity index is 1240. The maximum absolute atomic E-state index is 11.3. The van der Waals surface area contributed by atoms with Crippen molar-refractivity contribution in [1.82, 2.24) is 9.38 Å². The number of rotatable bonds is 4. The Morgan fingerprint density at radius 2 is 1.96 bits per heavy atom. The number of nitriles is 1. The van der Waals surface area contributed by atoms with E-state index in [-0.39, 0.29) is 10.6 Å². The van der Waals surface area contributed by atoms with Gasteiger partial charge < -0.3 is 0 Å². The van der Waals surface area contributed by atoms with E-state index in [4.69, 9.17) is 0 Å². The van der Waals surface area contributed by atoms with Crippen molar-refractivity contribution in [2.45, 2.75) is 17.7 Å². The zero-order chi connectivity index (χ0) is 19.0. The van der Waals surface area contributed by atoms with Crippen LogP contribution in [0.15, 0.2) is 59.6 Å². The van der Waals surface area contributed by atoms with Crippen molar-refractivity contribution in [2.24, 2.45) is 0 Å². The maximum atomic E-state index is 11.3. The van der Waals surface area contributed by atoms with Crippen LogP contribution in [0, 0.1) is 28.4 Å². The SMILES string of the molecule is Cc1cc(SCc2ccccc2[N+](=O)[O-])n2c(nc3ccccc32)c1C#N. The number of hydrogen-bond acceptors (Lipinski definition) is 5. The lowest BCUT2D eigenvalue weighted by atomic mass is 10.2. The monoisotopic (exact) mass is 374 g/mol. The summed E-state index contributed by atoms with van der Waals surface area (Å²) in [5.74, 6) is 0.449. The number of para-hydroxylation sites is 3. The molecule has 0 radical (unpaired) electrons. The molecule has 0 spiro atoms. The van der Waals surface area contributed by atoms with Gasteiger partial charge in [-0.3, -0.25) is 14.5 Å². The minimum atomic E-state index is -0.359.